The van der Waals surface area contributed by atoms with Crippen LogP contribution in [-0.4, -0.2) is 25.2 Å². The normalized spacial score (nSPS) is 15.1. The van der Waals surface area contributed by atoms with E-state index in [9.17, 15) is 17.6 Å². The topological polar surface area (TPSA) is 66.5 Å². The fourth-order valence-electron chi connectivity index (χ4n) is 3.26. The van der Waals surface area contributed by atoms with Gasteiger partial charge in [0.15, 0.2) is 0 Å². The number of benzene rings is 2. The predicted molar refractivity (Wildman–Crippen MR) is 107 cm³/mol. The zero-order valence-electron chi connectivity index (χ0n) is 16.3. The third-order valence-corrected chi connectivity index (χ3v) is 6.47. The van der Waals surface area contributed by atoms with Gasteiger partial charge in [0, 0.05) is 25.2 Å². The van der Waals surface area contributed by atoms with Crippen LogP contribution in [0.2, 0.25) is 0 Å². The summed E-state index contributed by atoms with van der Waals surface area (Å²) in [4.78, 5) is 12.3. The minimum atomic E-state index is -3.70. The summed E-state index contributed by atoms with van der Waals surface area (Å²) >= 11 is 0. The van der Waals surface area contributed by atoms with Crippen molar-refractivity contribution >= 4 is 21.6 Å². The molecule has 2 aromatic carbocycles. The molecule has 1 N–H and O–H groups in total. The van der Waals surface area contributed by atoms with Gasteiger partial charge in [-0.1, -0.05) is 26.8 Å². The second-order valence-corrected chi connectivity index (χ2v) is 10.2. The monoisotopic (exact) mass is 404 g/mol. The Labute approximate surface area is 165 Å². The van der Waals surface area contributed by atoms with E-state index in [2.05, 4.69) is 5.32 Å². The fourth-order valence-corrected chi connectivity index (χ4v) is 4.68. The first-order chi connectivity index (χ1) is 13.0. The van der Waals surface area contributed by atoms with E-state index in [1.807, 2.05) is 39.0 Å². The van der Waals surface area contributed by atoms with E-state index in [0.29, 0.717) is 25.1 Å². The van der Waals surface area contributed by atoms with Crippen LogP contribution in [0, 0.1) is 11.2 Å². The molecule has 2 aromatic rings. The molecule has 0 unspecified atom stereocenters. The summed E-state index contributed by atoms with van der Waals surface area (Å²) in [7, 11) is -3.70. The van der Waals surface area contributed by atoms with Crippen LogP contribution >= 0.6 is 0 Å². The van der Waals surface area contributed by atoms with Gasteiger partial charge < -0.3 is 5.32 Å². The molecule has 1 aliphatic heterocycles. The van der Waals surface area contributed by atoms with Crippen molar-refractivity contribution in [3.05, 3.63) is 59.4 Å². The van der Waals surface area contributed by atoms with Crippen LogP contribution < -0.4 is 5.32 Å². The Morgan fingerprint density at radius 2 is 1.79 bits per heavy atom. The van der Waals surface area contributed by atoms with Crippen molar-refractivity contribution in [3.63, 3.8) is 0 Å². The third kappa shape index (κ3) is 4.77. The van der Waals surface area contributed by atoms with Crippen LogP contribution in [0.15, 0.2) is 47.4 Å². The van der Waals surface area contributed by atoms with Crippen molar-refractivity contribution in [3.8, 4) is 0 Å². The predicted octanol–water partition coefficient (Wildman–Crippen LogP) is 3.95. The molecule has 150 valence electrons. The van der Waals surface area contributed by atoms with Gasteiger partial charge in [-0.05, 0) is 59.4 Å². The molecule has 0 atom stereocenters. The molecule has 1 aliphatic rings. The molecule has 28 heavy (non-hydrogen) atoms. The van der Waals surface area contributed by atoms with E-state index in [1.54, 1.807) is 0 Å². The second kappa shape index (κ2) is 7.64. The van der Waals surface area contributed by atoms with Crippen LogP contribution in [0.4, 0.5) is 10.1 Å². The largest absolute Gasteiger partial charge is 0.326 e. The minimum Gasteiger partial charge on any atom is -0.326 e. The van der Waals surface area contributed by atoms with Crippen molar-refractivity contribution in [2.45, 2.75) is 45.1 Å². The summed E-state index contributed by atoms with van der Waals surface area (Å²) in [6, 6.07) is 10.5. The Hall–Kier alpha value is -2.25. The molecule has 5 nitrogen and oxygen atoms in total. The van der Waals surface area contributed by atoms with Crippen molar-refractivity contribution in [2.75, 3.05) is 11.9 Å². The summed E-state index contributed by atoms with van der Waals surface area (Å²) in [5.74, 6) is -0.544. The van der Waals surface area contributed by atoms with Crippen molar-refractivity contribution in [1.82, 2.24) is 4.31 Å². The Morgan fingerprint density at radius 3 is 2.43 bits per heavy atom. The first-order valence-corrected chi connectivity index (χ1v) is 10.7. The van der Waals surface area contributed by atoms with Gasteiger partial charge >= 0.3 is 0 Å². The maximum absolute atomic E-state index is 13.1. The average molecular weight is 405 g/mol. The summed E-state index contributed by atoms with van der Waals surface area (Å²) in [5.41, 5.74) is 2.48. The van der Waals surface area contributed by atoms with Gasteiger partial charge in [-0.25, -0.2) is 12.8 Å². The molecule has 0 fully saturated rings. The molecule has 3 rings (SSSR count). The number of rotatable bonds is 4. The highest BCUT2D eigenvalue weighted by Crippen LogP contribution is 2.28. The van der Waals surface area contributed by atoms with E-state index in [-0.39, 0.29) is 22.8 Å². The maximum Gasteiger partial charge on any atom is 0.243 e. The summed E-state index contributed by atoms with van der Waals surface area (Å²) < 4.78 is 40.2. The highest BCUT2D eigenvalue weighted by molar-refractivity contribution is 7.89. The molecule has 0 saturated carbocycles. The molecular weight excluding hydrogens is 379 g/mol. The molecule has 0 radical (unpaired) electrons. The van der Waals surface area contributed by atoms with Crippen molar-refractivity contribution in [1.29, 1.82) is 0 Å². The van der Waals surface area contributed by atoms with Crippen LogP contribution in [0.25, 0.3) is 0 Å². The van der Waals surface area contributed by atoms with Gasteiger partial charge in [0.25, 0.3) is 0 Å². The quantitative estimate of drug-likeness (QED) is 0.839. The van der Waals surface area contributed by atoms with E-state index < -0.39 is 15.8 Å². The SMILES string of the molecule is CC(C)(C)CC(=O)Nc1ccc2c(c1)CN(S(=O)(=O)c1ccc(F)cc1)CC2. The minimum absolute atomic E-state index is 0.0703. The Bertz CT molecular complexity index is 980. The Balaban J connectivity index is 1.78. The molecule has 0 saturated heterocycles. The van der Waals surface area contributed by atoms with Crippen LogP contribution in [-0.2, 0) is 27.8 Å². The molecule has 1 heterocycles. The number of hydrogen-bond acceptors (Lipinski definition) is 3. The lowest BCUT2D eigenvalue weighted by Crippen LogP contribution is -2.36. The van der Waals surface area contributed by atoms with Gasteiger partial charge in [0.2, 0.25) is 15.9 Å². The Kier molecular flexibility index (Phi) is 5.59. The number of fused-ring (bicyclic) bond motifs is 1. The summed E-state index contributed by atoms with van der Waals surface area (Å²) in [6.07, 6.45) is 0.987. The number of carbonyl (C=O) groups is 1. The zero-order valence-corrected chi connectivity index (χ0v) is 17.1. The second-order valence-electron chi connectivity index (χ2n) is 8.31. The molecule has 0 spiro atoms. The standard InChI is InChI=1S/C21H25FN2O3S/c1-21(2,3)13-20(25)23-18-7-4-15-10-11-24(14-16(15)12-18)28(26,27)19-8-5-17(22)6-9-19/h4-9,12H,10-11,13-14H2,1-3H3,(H,23,25). The number of anilines is 1. The molecule has 0 bridgehead atoms. The van der Waals surface area contributed by atoms with Crippen molar-refractivity contribution in [2.24, 2.45) is 5.41 Å². The molecule has 1 amide bonds. The van der Waals surface area contributed by atoms with Crippen LogP contribution in [0.3, 0.4) is 0 Å². The first kappa shape index (κ1) is 20.5. The Morgan fingerprint density at radius 1 is 1.11 bits per heavy atom. The number of hydrogen-bond donors (Lipinski definition) is 1. The van der Waals surface area contributed by atoms with Gasteiger partial charge in [0.1, 0.15) is 5.82 Å². The van der Waals surface area contributed by atoms with Gasteiger partial charge in [-0.15, -0.1) is 0 Å². The third-order valence-electron chi connectivity index (χ3n) is 4.61. The molecule has 0 aromatic heterocycles. The van der Waals surface area contributed by atoms with E-state index in [4.69, 9.17) is 0 Å². The first-order valence-electron chi connectivity index (χ1n) is 9.22. The number of amides is 1. The zero-order chi connectivity index (χ0) is 20.5. The maximum atomic E-state index is 13.1. The molecule has 0 aliphatic carbocycles. The van der Waals surface area contributed by atoms with Gasteiger partial charge in [-0.3, -0.25) is 4.79 Å². The lowest BCUT2D eigenvalue weighted by molar-refractivity contribution is -0.117. The fraction of sp³-hybridized carbons (Fsp3) is 0.381. The lowest BCUT2D eigenvalue weighted by atomic mass is 9.92. The van der Waals surface area contributed by atoms with E-state index >= 15 is 0 Å². The van der Waals surface area contributed by atoms with Crippen LogP contribution in [0.5, 0.6) is 0 Å². The average Bonchev–Trinajstić information content (AvgIpc) is 2.59. The summed E-state index contributed by atoms with van der Waals surface area (Å²) in [5, 5.41) is 2.89. The van der Waals surface area contributed by atoms with Crippen molar-refractivity contribution < 1.29 is 17.6 Å². The highest BCUT2D eigenvalue weighted by Gasteiger charge is 2.28. The van der Waals surface area contributed by atoms with Gasteiger partial charge in [0.05, 0.1) is 4.90 Å². The number of carbonyl (C=O) groups excluding carboxylic acids is 1. The number of sulfonamides is 1. The number of halogens is 1. The smallest absolute Gasteiger partial charge is 0.243 e. The lowest BCUT2D eigenvalue weighted by Gasteiger charge is -2.28. The highest BCUT2D eigenvalue weighted by atomic mass is 32.2. The molecular formula is C21H25FN2O3S. The summed E-state index contributed by atoms with van der Waals surface area (Å²) in [6.45, 7) is 6.58. The van der Waals surface area contributed by atoms with Crippen LogP contribution in [0.1, 0.15) is 38.3 Å². The van der Waals surface area contributed by atoms with E-state index in [1.165, 1.54) is 16.4 Å². The van der Waals surface area contributed by atoms with Gasteiger partial charge in [-0.2, -0.15) is 4.31 Å². The number of nitrogens with one attached hydrogen (secondary N) is 1. The number of nitrogens with zero attached hydrogens (tertiary/aromatic N) is 1. The van der Waals surface area contributed by atoms with E-state index in [0.717, 1.165) is 23.3 Å². The molecule has 7 heteroatoms.